The first-order chi connectivity index (χ1) is 6.43. The maximum atomic E-state index is 5.62. The number of hydrogen-bond donors (Lipinski definition) is 1. The molecule has 1 unspecified atom stereocenters. The first-order valence-corrected chi connectivity index (χ1v) is 5.33. The fourth-order valence-electron chi connectivity index (χ4n) is 1.39. The Morgan fingerprint density at radius 3 is 3.08 bits per heavy atom. The minimum absolute atomic E-state index is 0.367. The van der Waals surface area contributed by atoms with Crippen molar-refractivity contribution in [2.24, 2.45) is 0 Å². The van der Waals surface area contributed by atoms with Crippen molar-refractivity contribution in [1.29, 1.82) is 0 Å². The lowest BCUT2D eigenvalue weighted by molar-refractivity contribution is 0.0416. The van der Waals surface area contributed by atoms with E-state index in [1.165, 1.54) is 6.42 Å². The molecule has 1 saturated heterocycles. The number of nitrogens with one attached hydrogen (secondary N) is 1. The fourth-order valence-corrected chi connectivity index (χ4v) is 1.39. The molecule has 0 saturated carbocycles. The zero-order valence-electron chi connectivity index (χ0n) is 8.55. The molecule has 1 fully saturated rings. The van der Waals surface area contributed by atoms with E-state index in [1.54, 1.807) is 0 Å². The minimum atomic E-state index is 0.367. The van der Waals surface area contributed by atoms with Crippen LogP contribution in [0.5, 0.6) is 0 Å². The number of rotatable bonds is 7. The van der Waals surface area contributed by atoms with Crippen molar-refractivity contribution in [3.63, 3.8) is 0 Å². The van der Waals surface area contributed by atoms with Gasteiger partial charge in [0, 0.05) is 13.2 Å². The summed E-state index contributed by atoms with van der Waals surface area (Å²) in [6.45, 7) is 6.90. The summed E-state index contributed by atoms with van der Waals surface area (Å²) in [5.74, 6) is 0. The van der Waals surface area contributed by atoms with Gasteiger partial charge in [0.05, 0.1) is 12.7 Å². The van der Waals surface area contributed by atoms with Crippen molar-refractivity contribution < 1.29 is 9.47 Å². The lowest BCUT2D eigenvalue weighted by Gasteiger charge is -2.09. The van der Waals surface area contributed by atoms with Crippen LogP contribution in [0.4, 0.5) is 0 Å². The predicted octanol–water partition coefficient (Wildman–Crippen LogP) is 1.18. The highest BCUT2D eigenvalue weighted by Crippen LogP contribution is 2.07. The van der Waals surface area contributed by atoms with Crippen LogP contribution in [0, 0.1) is 0 Å². The lowest BCUT2D eigenvalue weighted by Crippen LogP contribution is -2.19. The summed E-state index contributed by atoms with van der Waals surface area (Å²) in [5, 5.41) is 3.35. The molecule has 1 rings (SSSR count). The van der Waals surface area contributed by atoms with Crippen molar-refractivity contribution in [3.8, 4) is 0 Å². The monoisotopic (exact) mass is 187 g/mol. The lowest BCUT2D eigenvalue weighted by atomic mass is 10.3. The standard InChI is InChI=1S/C10H21NO2/c1-2-5-11-6-3-7-13-10-4-8-12-9-10/h10-11H,2-9H2,1H3. The Morgan fingerprint density at radius 2 is 2.38 bits per heavy atom. The van der Waals surface area contributed by atoms with Gasteiger partial charge in [0.1, 0.15) is 0 Å². The highest BCUT2D eigenvalue weighted by atomic mass is 16.5. The molecule has 0 aromatic rings. The molecule has 0 spiro atoms. The Labute approximate surface area is 80.8 Å². The second-order valence-electron chi connectivity index (χ2n) is 3.46. The smallest absolute Gasteiger partial charge is 0.0830 e. The zero-order valence-corrected chi connectivity index (χ0v) is 8.55. The zero-order chi connectivity index (χ0) is 9.36. The SMILES string of the molecule is CCCNCCCOC1CCOC1. The molecule has 13 heavy (non-hydrogen) atoms. The third-order valence-electron chi connectivity index (χ3n) is 2.17. The predicted molar refractivity (Wildman–Crippen MR) is 53.0 cm³/mol. The van der Waals surface area contributed by atoms with E-state index in [0.717, 1.165) is 45.8 Å². The summed E-state index contributed by atoms with van der Waals surface area (Å²) in [4.78, 5) is 0. The fraction of sp³-hybridized carbons (Fsp3) is 1.00. The van der Waals surface area contributed by atoms with E-state index in [-0.39, 0.29) is 0 Å². The topological polar surface area (TPSA) is 30.5 Å². The maximum absolute atomic E-state index is 5.62. The molecule has 3 nitrogen and oxygen atoms in total. The Hall–Kier alpha value is -0.120. The van der Waals surface area contributed by atoms with Gasteiger partial charge in [-0.05, 0) is 32.4 Å². The molecule has 78 valence electrons. The molecule has 1 aliphatic rings. The van der Waals surface area contributed by atoms with Gasteiger partial charge in [-0.1, -0.05) is 6.92 Å². The van der Waals surface area contributed by atoms with Crippen molar-refractivity contribution in [2.75, 3.05) is 32.9 Å². The quantitative estimate of drug-likeness (QED) is 0.607. The molecule has 3 heteroatoms. The van der Waals surface area contributed by atoms with Crippen molar-refractivity contribution in [3.05, 3.63) is 0 Å². The summed E-state index contributed by atoms with van der Waals surface area (Å²) in [7, 11) is 0. The molecule has 0 aliphatic carbocycles. The second kappa shape index (κ2) is 7.30. The molecule has 1 aliphatic heterocycles. The Balaban J connectivity index is 1.78. The van der Waals surface area contributed by atoms with Gasteiger partial charge in [-0.3, -0.25) is 0 Å². The van der Waals surface area contributed by atoms with Crippen LogP contribution in [0.2, 0.25) is 0 Å². The van der Waals surface area contributed by atoms with Crippen LogP contribution < -0.4 is 5.32 Å². The first kappa shape index (κ1) is 11.0. The van der Waals surface area contributed by atoms with E-state index in [9.17, 15) is 0 Å². The largest absolute Gasteiger partial charge is 0.379 e. The van der Waals surface area contributed by atoms with E-state index in [0.29, 0.717) is 6.10 Å². The van der Waals surface area contributed by atoms with Crippen LogP contribution in [0.15, 0.2) is 0 Å². The summed E-state index contributed by atoms with van der Waals surface area (Å²) in [6.07, 6.45) is 3.75. The van der Waals surface area contributed by atoms with Gasteiger partial charge in [-0.2, -0.15) is 0 Å². The Bertz CT molecular complexity index is 113. The normalized spacial score (nSPS) is 22.4. The summed E-state index contributed by atoms with van der Waals surface area (Å²) in [5.41, 5.74) is 0. The van der Waals surface area contributed by atoms with Gasteiger partial charge < -0.3 is 14.8 Å². The van der Waals surface area contributed by atoms with Crippen LogP contribution >= 0.6 is 0 Å². The summed E-state index contributed by atoms with van der Waals surface area (Å²) in [6, 6.07) is 0. The molecule has 0 radical (unpaired) electrons. The van der Waals surface area contributed by atoms with E-state index in [4.69, 9.17) is 9.47 Å². The molecule has 0 aromatic heterocycles. The highest BCUT2D eigenvalue weighted by Gasteiger charge is 2.14. The molecule has 0 aromatic carbocycles. The molecule has 0 amide bonds. The third-order valence-corrected chi connectivity index (χ3v) is 2.17. The van der Waals surface area contributed by atoms with Crippen molar-refractivity contribution >= 4 is 0 Å². The Morgan fingerprint density at radius 1 is 1.46 bits per heavy atom. The maximum Gasteiger partial charge on any atom is 0.0830 e. The number of ether oxygens (including phenoxy) is 2. The summed E-state index contributed by atoms with van der Waals surface area (Å²) >= 11 is 0. The van der Waals surface area contributed by atoms with Crippen LogP contribution in [-0.2, 0) is 9.47 Å². The third kappa shape index (κ3) is 5.24. The van der Waals surface area contributed by atoms with E-state index in [1.807, 2.05) is 0 Å². The molecular weight excluding hydrogens is 166 g/mol. The molecule has 0 bridgehead atoms. The van der Waals surface area contributed by atoms with Gasteiger partial charge in [0.25, 0.3) is 0 Å². The molecule has 1 heterocycles. The number of hydrogen-bond acceptors (Lipinski definition) is 3. The van der Waals surface area contributed by atoms with Crippen LogP contribution in [0.3, 0.4) is 0 Å². The van der Waals surface area contributed by atoms with Crippen LogP contribution in [0.1, 0.15) is 26.2 Å². The van der Waals surface area contributed by atoms with Crippen molar-refractivity contribution in [1.82, 2.24) is 5.32 Å². The highest BCUT2D eigenvalue weighted by molar-refractivity contribution is 4.62. The van der Waals surface area contributed by atoms with E-state index >= 15 is 0 Å². The van der Waals surface area contributed by atoms with Gasteiger partial charge in [-0.15, -0.1) is 0 Å². The van der Waals surface area contributed by atoms with Gasteiger partial charge in [0.2, 0.25) is 0 Å². The van der Waals surface area contributed by atoms with Crippen LogP contribution in [-0.4, -0.2) is 39.0 Å². The summed E-state index contributed by atoms with van der Waals surface area (Å²) < 4.78 is 10.8. The van der Waals surface area contributed by atoms with E-state index in [2.05, 4.69) is 12.2 Å². The minimum Gasteiger partial charge on any atom is -0.379 e. The Kier molecular flexibility index (Phi) is 6.15. The average Bonchev–Trinajstić information content (AvgIpc) is 2.63. The second-order valence-corrected chi connectivity index (χ2v) is 3.46. The molecule has 1 N–H and O–H groups in total. The van der Waals surface area contributed by atoms with E-state index < -0.39 is 0 Å². The van der Waals surface area contributed by atoms with Gasteiger partial charge in [-0.25, -0.2) is 0 Å². The molecular formula is C10H21NO2. The van der Waals surface area contributed by atoms with Gasteiger partial charge in [0.15, 0.2) is 0 Å². The average molecular weight is 187 g/mol. The first-order valence-electron chi connectivity index (χ1n) is 5.33. The van der Waals surface area contributed by atoms with Gasteiger partial charge >= 0.3 is 0 Å². The van der Waals surface area contributed by atoms with Crippen LogP contribution in [0.25, 0.3) is 0 Å². The van der Waals surface area contributed by atoms with Crippen molar-refractivity contribution in [2.45, 2.75) is 32.3 Å². The molecule has 1 atom stereocenters.